The van der Waals surface area contributed by atoms with E-state index >= 15 is 0 Å². The largest absolute Gasteiger partial charge is 0.489 e. The number of nitrogens with one attached hydrogen (secondary N) is 1. The number of hydrogen-bond donors (Lipinski definition) is 1. The Kier molecular flexibility index (Phi) is 4.70. The third kappa shape index (κ3) is 3.85. The van der Waals surface area contributed by atoms with Gasteiger partial charge in [-0.15, -0.1) is 0 Å². The summed E-state index contributed by atoms with van der Waals surface area (Å²) < 4.78 is 5.78. The number of hydrogen-bond acceptors (Lipinski definition) is 3. The van der Waals surface area contributed by atoms with E-state index in [0.29, 0.717) is 24.1 Å². The molecule has 3 aliphatic rings. The van der Waals surface area contributed by atoms with Crippen LogP contribution in [0.4, 0.5) is 0 Å². The van der Waals surface area contributed by atoms with Gasteiger partial charge in [0.15, 0.2) is 0 Å². The average molecular weight is 336 g/mol. The smallest absolute Gasteiger partial charge is 0.251 e. The summed E-state index contributed by atoms with van der Waals surface area (Å²) in [5.74, 6) is 1.44. The number of benzene rings is 2. The molecule has 1 atom stereocenters. The van der Waals surface area contributed by atoms with Crippen LogP contribution in [0, 0.1) is 5.92 Å². The number of carbonyl (C=O) groups is 1. The van der Waals surface area contributed by atoms with Gasteiger partial charge in [0.25, 0.3) is 5.91 Å². The normalized spacial score (nSPS) is 24.7. The molecule has 0 spiro atoms. The molecule has 0 unspecified atom stereocenters. The van der Waals surface area contributed by atoms with E-state index < -0.39 is 0 Å². The van der Waals surface area contributed by atoms with E-state index in [1.54, 1.807) is 0 Å². The highest BCUT2D eigenvalue weighted by Gasteiger charge is 2.34. The Morgan fingerprint density at radius 2 is 1.76 bits per heavy atom. The lowest BCUT2D eigenvalue weighted by atomic mass is 9.84. The minimum Gasteiger partial charge on any atom is -0.489 e. The van der Waals surface area contributed by atoms with Crippen molar-refractivity contribution in [3.05, 3.63) is 65.7 Å². The zero-order chi connectivity index (χ0) is 17.1. The maximum Gasteiger partial charge on any atom is 0.251 e. The predicted octanol–water partition coefficient (Wildman–Crippen LogP) is 3.09. The van der Waals surface area contributed by atoms with Gasteiger partial charge in [-0.2, -0.15) is 0 Å². The summed E-state index contributed by atoms with van der Waals surface area (Å²) >= 11 is 0. The number of amides is 1. The second kappa shape index (κ2) is 7.28. The van der Waals surface area contributed by atoms with Crippen molar-refractivity contribution in [1.82, 2.24) is 10.2 Å². The highest BCUT2D eigenvalue weighted by atomic mass is 16.5. The fourth-order valence-corrected chi connectivity index (χ4v) is 3.82. The predicted molar refractivity (Wildman–Crippen MR) is 97.6 cm³/mol. The first-order valence-electron chi connectivity index (χ1n) is 9.08. The Morgan fingerprint density at radius 1 is 1.04 bits per heavy atom. The van der Waals surface area contributed by atoms with Crippen LogP contribution in [0.15, 0.2) is 54.6 Å². The van der Waals surface area contributed by atoms with Crippen molar-refractivity contribution in [3.63, 3.8) is 0 Å². The SMILES string of the molecule is O=C(N[C@H]1CN2CCC1CC2)c1ccc(OCc2ccccc2)cc1. The molecule has 130 valence electrons. The maximum atomic E-state index is 12.5. The molecule has 0 saturated carbocycles. The Hall–Kier alpha value is -2.33. The molecule has 1 N–H and O–H groups in total. The van der Waals surface area contributed by atoms with Crippen molar-refractivity contribution in [1.29, 1.82) is 0 Å². The lowest BCUT2D eigenvalue weighted by Crippen LogP contribution is -2.57. The van der Waals surface area contributed by atoms with Gasteiger partial charge in [-0.25, -0.2) is 0 Å². The summed E-state index contributed by atoms with van der Waals surface area (Å²) in [4.78, 5) is 15.0. The number of ether oxygens (including phenoxy) is 1. The summed E-state index contributed by atoms with van der Waals surface area (Å²) in [7, 11) is 0. The molecule has 0 radical (unpaired) electrons. The van der Waals surface area contributed by atoms with Crippen LogP contribution < -0.4 is 10.1 Å². The number of nitrogens with zero attached hydrogens (tertiary/aromatic N) is 1. The number of fused-ring (bicyclic) bond motifs is 3. The fraction of sp³-hybridized carbons (Fsp3) is 0.381. The van der Waals surface area contributed by atoms with E-state index in [1.807, 2.05) is 54.6 Å². The molecule has 2 aromatic carbocycles. The monoisotopic (exact) mass is 336 g/mol. The third-order valence-electron chi connectivity index (χ3n) is 5.34. The standard InChI is InChI=1S/C21H24N2O2/c24-21(22-20-14-23-12-10-17(20)11-13-23)18-6-8-19(9-7-18)25-15-16-4-2-1-3-5-16/h1-9,17,20H,10-15H2,(H,22,24)/t20-/m0/s1. The zero-order valence-corrected chi connectivity index (χ0v) is 14.4. The van der Waals surface area contributed by atoms with Crippen molar-refractivity contribution < 1.29 is 9.53 Å². The first-order chi connectivity index (χ1) is 12.3. The van der Waals surface area contributed by atoms with Crippen LogP contribution in [0.1, 0.15) is 28.8 Å². The second-order valence-corrected chi connectivity index (χ2v) is 7.02. The maximum absolute atomic E-state index is 12.5. The van der Waals surface area contributed by atoms with Gasteiger partial charge in [-0.3, -0.25) is 4.79 Å². The van der Waals surface area contributed by atoms with Crippen LogP contribution in [0.3, 0.4) is 0 Å². The molecule has 3 fully saturated rings. The molecular formula is C21H24N2O2. The lowest BCUT2D eigenvalue weighted by molar-refractivity contribution is 0.0620. The molecule has 1 amide bonds. The molecule has 0 aromatic heterocycles. The molecule has 2 aromatic rings. The molecule has 4 nitrogen and oxygen atoms in total. The Bertz CT molecular complexity index is 706. The van der Waals surface area contributed by atoms with E-state index in [9.17, 15) is 4.79 Å². The summed E-state index contributed by atoms with van der Waals surface area (Å²) in [6, 6.07) is 17.8. The average Bonchev–Trinajstić information content (AvgIpc) is 2.68. The molecule has 2 bridgehead atoms. The van der Waals surface area contributed by atoms with Crippen LogP contribution in [0.25, 0.3) is 0 Å². The fourth-order valence-electron chi connectivity index (χ4n) is 3.82. The van der Waals surface area contributed by atoms with E-state index in [4.69, 9.17) is 4.74 Å². The Labute approximate surface area is 148 Å². The van der Waals surface area contributed by atoms with Crippen LogP contribution in [0.2, 0.25) is 0 Å². The number of piperidine rings is 3. The summed E-state index contributed by atoms with van der Waals surface area (Å²) in [5, 5.41) is 3.22. The van der Waals surface area contributed by atoms with Gasteiger partial charge < -0.3 is 15.0 Å². The summed E-state index contributed by atoms with van der Waals surface area (Å²) in [5.41, 5.74) is 1.83. The second-order valence-electron chi connectivity index (χ2n) is 7.02. The minimum absolute atomic E-state index is 0.0216. The van der Waals surface area contributed by atoms with Gasteiger partial charge in [0.05, 0.1) is 0 Å². The zero-order valence-electron chi connectivity index (χ0n) is 14.4. The van der Waals surface area contributed by atoms with Crippen molar-refractivity contribution in [3.8, 4) is 5.75 Å². The van der Waals surface area contributed by atoms with Crippen LogP contribution in [0.5, 0.6) is 5.75 Å². The van der Waals surface area contributed by atoms with Gasteiger partial charge in [0.2, 0.25) is 0 Å². The lowest BCUT2D eigenvalue weighted by Gasteiger charge is -2.44. The van der Waals surface area contributed by atoms with E-state index in [-0.39, 0.29) is 5.91 Å². The molecule has 3 saturated heterocycles. The first kappa shape index (κ1) is 16.2. The third-order valence-corrected chi connectivity index (χ3v) is 5.34. The molecule has 25 heavy (non-hydrogen) atoms. The summed E-state index contributed by atoms with van der Waals surface area (Å²) in [6.45, 7) is 3.90. The highest BCUT2D eigenvalue weighted by molar-refractivity contribution is 5.94. The van der Waals surface area contributed by atoms with Gasteiger partial charge in [0.1, 0.15) is 12.4 Å². The Balaban J connectivity index is 1.32. The van der Waals surface area contributed by atoms with E-state index in [1.165, 1.54) is 25.9 Å². The first-order valence-corrected chi connectivity index (χ1v) is 9.08. The quantitative estimate of drug-likeness (QED) is 0.912. The van der Waals surface area contributed by atoms with Crippen molar-refractivity contribution in [2.24, 2.45) is 5.92 Å². The molecule has 5 rings (SSSR count). The molecule has 3 heterocycles. The molecule has 4 heteroatoms. The number of carbonyl (C=O) groups excluding carboxylic acids is 1. The summed E-state index contributed by atoms with van der Waals surface area (Å²) in [6.07, 6.45) is 2.41. The van der Waals surface area contributed by atoms with Crippen molar-refractivity contribution in [2.75, 3.05) is 19.6 Å². The van der Waals surface area contributed by atoms with Gasteiger partial charge >= 0.3 is 0 Å². The topological polar surface area (TPSA) is 41.6 Å². The van der Waals surface area contributed by atoms with Crippen LogP contribution in [-0.2, 0) is 6.61 Å². The molecule has 0 aliphatic carbocycles. The molecular weight excluding hydrogens is 312 g/mol. The minimum atomic E-state index is 0.0216. The van der Waals surface area contributed by atoms with Gasteiger partial charge in [-0.1, -0.05) is 30.3 Å². The van der Waals surface area contributed by atoms with E-state index in [2.05, 4.69) is 10.2 Å². The molecule has 3 aliphatic heterocycles. The Morgan fingerprint density at radius 3 is 2.40 bits per heavy atom. The van der Waals surface area contributed by atoms with Gasteiger partial charge in [-0.05, 0) is 61.7 Å². The van der Waals surface area contributed by atoms with E-state index in [0.717, 1.165) is 17.9 Å². The van der Waals surface area contributed by atoms with Gasteiger partial charge in [0, 0.05) is 18.2 Å². The van der Waals surface area contributed by atoms with Crippen molar-refractivity contribution in [2.45, 2.75) is 25.5 Å². The van der Waals surface area contributed by atoms with Crippen LogP contribution in [-0.4, -0.2) is 36.5 Å². The highest BCUT2D eigenvalue weighted by Crippen LogP contribution is 2.27. The van der Waals surface area contributed by atoms with Crippen LogP contribution >= 0.6 is 0 Å². The number of rotatable bonds is 5. The van der Waals surface area contributed by atoms with Crippen molar-refractivity contribution >= 4 is 5.91 Å².